The van der Waals surface area contributed by atoms with Crippen LogP contribution in [0.25, 0.3) is 11.0 Å². The molecule has 28 heavy (non-hydrogen) atoms. The highest BCUT2D eigenvalue weighted by molar-refractivity contribution is 5.82. The maximum absolute atomic E-state index is 13.1. The third-order valence-electron chi connectivity index (χ3n) is 5.06. The van der Waals surface area contributed by atoms with Crippen LogP contribution in [0.15, 0.2) is 33.5 Å². The van der Waals surface area contributed by atoms with Gasteiger partial charge in [0.25, 0.3) is 5.91 Å². The van der Waals surface area contributed by atoms with E-state index in [0.29, 0.717) is 12.6 Å². The maximum Gasteiger partial charge on any atom is 0.417 e. The van der Waals surface area contributed by atoms with Crippen LogP contribution >= 0.6 is 0 Å². The number of benzene rings is 1. The van der Waals surface area contributed by atoms with Crippen LogP contribution in [-0.4, -0.2) is 30.0 Å². The quantitative estimate of drug-likeness (QED) is 0.703. The summed E-state index contributed by atoms with van der Waals surface area (Å²) in [5.41, 5.74) is -2.39. The second-order valence-corrected chi connectivity index (χ2v) is 6.90. The summed E-state index contributed by atoms with van der Waals surface area (Å²) in [6.07, 6.45) is 0.651. The molecule has 0 saturated heterocycles. The maximum atomic E-state index is 13.1. The van der Waals surface area contributed by atoms with Crippen molar-refractivity contribution in [2.45, 2.75) is 51.2 Å². The second kappa shape index (κ2) is 8.24. The molecule has 0 spiro atoms. The minimum atomic E-state index is -4.67. The predicted molar refractivity (Wildman–Crippen MR) is 97.2 cm³/mol. The summed E-state index contributed by atoms with van der Waals surface area (Å²) in [7, 11) is 0. The van der Waals surface area contributed by atoms with Gasteiger partial charge >= 0.3 is 11.8 Å². The van der Waals surface area contributed by atoms with Crippen LogP contribution in [0, 0.1) is 0 Å². The lowest BCUT2D eigenvalue weighted by molar-refractivity contribution is -0.137. The van der Waals surface area contributed by atoms with Crippen LogP contribution in [0.3, 0.4) is 0 Å². The van der Waals surface area contributed by atoms with Crippen LogP contribution in [-0.2, 0) is 11.0 Å². The minimum Gasteiger partial charge on any atom is -0.484 e. The van der Waals surface area contributed by atoms with Crippen LogP contribution in [0.5, 0.6) is 5.75 Å². The number of ether oxygens (including phenoxy) is 1. The van der Waals surface area contributed by atoms with Gasteiger partial charge in [0, 0.05) is 30.1 Å². The lowest BCUT2D eigenvalue weighted by Gasteiger charge is -2.33. The number of hydrogen-bond acceptors (Lipinski definition) is 4. The van der Waals surface area contributed by atoms with E-state index >= 15 is 0 Å². The average molecular weight is 397 g/mol. The Morgan fingerprint density at radius 2 is 1.93 bits per heavy atom. The van der Waals surface area contributed by atoms with Crippen molar-refractivity contribution in [1.29, 1.82) is 0 Å². The molecule has 0 unspecified atom stereocenters. The molecule has 1 aliphatic carbocycles. The van der Waals surface area contributed by atoms with Gasteiger partial charge in [-0.2, -0.15) is 13.2 Å². The largest absolute Gasteiger partial charge is 0.484 e. The Labute approximate surface area is 160 Å². The number of carbonyl (C=O) groups is 1. The van der Waals surface area contributed by atoms with Gasteiger partial charge < -0.3 is 14.1 Å². The summed E-state index contributed by atoms with van der Waals surface area (Å²) in [4.78, 5) is 25.8. The summed E-state index contributed by atoms with van der Waals surface area (Å²) in [5, 5.41) is -0.233. The summed E-state index contributed by atoms with van der Waals surface area (Å²) >= 11 is 0. The first-order valence-electron chi connectivity index (χ1n) is 9.37. The van der Waals surface area contributed by atoms with Crippen molar-refractivity contribution in [2.24, 2.45) is 0 Å². The lowest BCUT2D eigenvalue weighted by Crippen LogP contribution is -2.43. The number of rotatable bonds is 5. The Morgan fingerprint density at radius 3 is 2.57 bits per heavy atom. The highest BCUT2D eigenvalue weighted by Crippen LogP contribution is 2.34. The monoisotopic (exact) mass is 397 g/mol. The lowest BCUT2D eigenvalue weighted by atomic mass is 9.94. The molecular weight excluding hydrogens is 375 g/mol. The van der Waals surface area contributed by atoms with Gasteiger partial charge in [0.2, 0.25) is 0 Å². The van der Waals surface area contributed by atoms with Crippen LogP contribution in [0.1, 0.15) is 44.6 Å². The van der Waals surface area contributed by atoms with Crippen LogP contribution in [0.2, 0.25) is 0 Å². The number of likely N-dealkylation sites (N-methyl/N-ethyl adjacent to an activating group) is 1. The Kier molecular flexibility index (Phi) is 5.96. The smallest absolute Gasteiger partial charge is 0.417 e. The van der Waals surface area contributed by atoms with Gasteiger partial charge in [-0.05, 0) is 31.9 Å². The van der Waals surface area contributed by atoms with Crippen molar-refractivity contribution in [3.05, 3.63) is 40.2 Å². The molecule has 1 aliphatic rings. The number of halogens is 3. The van der Waals surface area contributed by atoms with E-state index in [0.717, 1.165) is 25.7 Å². The third-order valence-corrected chi connectivity index (χ3v) is 5.06. The van der Waals surface area contributed by atoms with E-state index in [1.54, 1.807) is 4.90 Å². The van der Waals surface area contributed by atoms with Crippen LogP contribution < -0.4 is 10.4 Å². The molecule has 1 fully saturated rings. The zero-order valence-electron chi connectivity index (χ0n) is 15.6. The highest BCUT2D eigenvalue weighted by Gasteiger charge is 2.34. The molecule has 152 valence electrons. The van der Waals surface area contributed by atoms with Crippen molar-refractivity contribution >= 4 is 16.9 Å². The number of amides is 1. The average Bonchev–Trinajstić information content (AvgIpc) is 2.66. The molecule has 0 bridgehead atoms. The standard InChI is InChI=1S/C20H22F3NO4/c1-2-24(13-6-4-3-5-7-13)18(25)12-27-14-8-9-15-16(20(21,22)23)11-19(26)28-17(15)10-14/h8-11,13H,2-7,12H2,1H3. The van der Waals surface area contributed by atoms with E-state index in [1.807, 2.05) is 6.92 Å². The van der Waals surface area contributed by atoms with E-state index in [2.05, 4.69) is 0 Å². The van der Waals surface area contributed by atoms with Gasteiger partial charge in [-0.1, -0.05) is 19.3 Å². The number of nitrogens with zero attached hydrogens (tertiary/aromatic N) is 1. The molecule has 0 radical (unpaired) electrons. The van der Waals surface area contributed by atoms with Crippen molar-refractivity contribution in [3.63, 3.8) is 0 Å². The first kappa shape index (κ1) is 20.2. The number of hydrogen-bond donors (Lipinski definition) is 0. The molecule has 0 atom stereocenters. The number of carbonyl (C=O) groups excluding carboxylic acids is 1. The molecular formula is C20H22F3NO4. The fourth-order valence-electron chi connectivity index (χ4n) is 3.73. The van der Waals surface area contributed by atoms with Gasteiger partial charge in [-0.3, -0.25) is 4.79 Å². The van der Waals surface area contributed by atoms with Gasteiger partial charge in [-0.15, -0.1) is 0 Å². The Balaban J connectivity index is 1.75. The molecule has 2 aromatic rings. The van der Waals surface area contributed by atoms with Crippen molar-refractivity contribution in [1.82, 2.24) is 4.90 Å². The molecule has 1 amide bonds. The number of fused-ring (bicyclic) bond motifs is 1. The predicted octanol–water partition coefficient (Wildman–Crippen LogP) is 4.37. The van der Waals surface area contributed by atoms with E-state index in [-0.39, 0.29) is 35.3 Å². The first-order valence-corrected chi connectivity index (χ1v) is 9.37. The van der Waals surface area contributed by atoms with Gasteiger partial charge in [0.1, 0.15) is 11.3 Å². The SMILES string of the molecule is CCN(C(=O)COc1ccc2c(C(F)(F)F)cc(=O)oc2c1)C1CCCCC1. The molecule has 0 N–H and O–H groups in total. The zero-order chi connectivity index (χ0) is 20.3. The number of alkyl halides is 3. The topological polar surface area (TPSA) is 59.8 Å². The Bertz CT molecular complexity index is 900. The van der Waals surface area contributed by atoms with E-state index in [9.17, 15) is 22.8 Å². The van der Waals surface area contributed by atoms with Gasteiger partial charge in [0.15, 0.2) is 6.61 Å². The van der Waals surface area contributed by atoms with Gasteiger partial charge in [0.05, 0.1) is 5.56 Å². The molecule has 1 aromatic carbocycles. The Morgan fingerprint density at radius 1 is 1.21 bits per heavy atom. The second-order valence-electron chi connectivity index (χ2n) is 6.90. The molecule has 1 saturated carbocycles. The fourth-order valence-corrected chi connectivity index (χ4v) is 3.73. The molecule has 8 heteroatoms. The molecule has 1 aromatic heterocycles. The summed E-state index contributed by atoms with van der Waals surface area (Å²) in [5.74, 6) is 0.00279. The molecule has 3 rings (SSSR count). The fraction of sp³-hybridized carbons (Fsp3) is 0.500. The normalized spacial score (nSPS) is 15.6. The zero-order valence-corrected chi connectivity index (χ0v) is 15.6. The molecule has 1 heterocycles. The first-order chi connectivity index (χ1) is 13.3. The molecule has 0 aliphatic heterocycles. The minimum absolute atomic E-state index is 0.167. The molecule has 5 nitrogen and oxygen atoms in total. The van der Waals surface area contributed by atoms with Crippen molar-refractivity contribution < 1.29 is 27.1 Å². The summed E-state index contributed by atoms with van der Waals surface area (Å²) in [6, 6.07) is 4.35. The third kappa shape index (κ3) is 4.48. The highest BCUT2D eigenvalue weighted by atomic mass is 19.4. The van der Waals surface area contributed by atoms with Gasteiger partial charge in [-0.25, -0.2) is 4.79 Å². The summed E-state index contributed by atoms with van der Waals surface area (Å²) < 4.78 is 49.6. The van der Waals surface area contributed by atoms with Crippen molar-refractivity contribution in [3.8, 4) is 5.75 Å². The van der Waals surface area contributed by atoms with Crippen LogP contribution in [0.4, 0.5) is 13.2 Å². The Hall–Kier alpha value is -2.51. The van der Waals surface area contributed by atoms with E-state index in [1.165, 1.54) is 24.6 Å². The van der Waals surface area contributed by atoms with E-state index < -0.39 is 17.4 Å². The summed E-state index contributed by atoms with van der Waals surface area (Å²) in [6.45, 7) is 2.27. The van der Waals surface area contributed by atoms with E-state index in [4.69, 9.17) is 9.15 Å². The van der Waals surface area contributed by atoms with Crippen molar-refractivity contribution in [2.75, 3.05) is 13.2 Å².